The Bertz CT molecular complexity index is 1090. The number of benzene rings is 2. The standard InChI is InChI=1S/C24H27NO3S/c1-5-15(2)19-8-6-7-9-21(19)25-23(26)14-29-13-18-12-24(27)28-22-11-17(4)16(3)10-20(18)22/h6-12,15H,5,13-14H2,1-4H3,(H,25,26)/t15-/m0/s1. The maximum absolute atomic E-state index is 12.5. The summed E-state index contributed by atoms with van der Waals surface area (Å²) in [7, 11) is 0. The lowest BCUT2D eigenvalue weighted by molar-refractivity contribution is -0.113. The van der Waals surface area contributed by atoms with Gasteiger partial charge in [-0.2, -0.15) is 0 Å². The molecule has 1 atom stereocenters. The summed E-state index contributed by atoms with van der Waals surface area (Å²) in [6.45, 7) is 8.34. The molecule has 3 rings (SSSR count). The van der Waals surface area contributed by atoms with E-state index < -0.39 is 0 Å². The van der Waals surface area contributed by atoms with E-state index >= 15 is 0 Å². The maximum Gasteiger partial charge on any atom is 0.336 e. The number of carbonyl (C=O) groups excluding carboxylic acids is 1. The molecule has 0 fully saturated rings. The smallest absolute Gasteiger partial charge is 0.336 e. The first-order valence-corrected chi connectivity index (χ1v) is 11.0. The van der Waals surface area contributed by atoms with Crippen molar-refractivity contribution in [2.75, 3.05) is 11.1 Å². The second-order valence-electron chi connectivity index (χ2n) is 7.46. The Balaban J connectivity index is 1.69. The average molecular weight is 410 g/mol. The number of nitrogens with one attached hydrogen (secondary N) is 1. The van der Waals surface area contributed by atoms with Crippen LogP contribution in [0.25, 0.3) is 11.0 Å². The molecule has 0 saturated heterocycles. The predicted molar refractivity (Wildman–Crippen MR) is 122 cm³/mol. The fourth-order valence-corrected chi connectivity index (χ4v) is 4.12. The molecule has 1 N–H and O–H groups in total. The molecule has 2 aromatic carbocycles. The highest BCUT2D eigenvalue weighted by molar-refractivity contribution is 7.99. The highest BCUT2D eigenvalue weighted by Gasteiger charge is 2.12. The zero-order chi connectivity index (χ0) is 21.0. The van der Waals surface area contributed by atoms with Crippen LogP contribution in [0.5, 0.6) is 0 Å². The summed E-state index contributed by atoms with van der Waals surface area (Å²) < 4.78 is 5.35. The van der Waals surface area contributed by atoms with Gasteiger partial charge in [-0.1, -0.05) is 32.0 Å². The van der Waals surface area contributed by atoms with Gasteiger partial charge in [-0.05, 0) is 66.6 Å². The van der Waals surface area contributed by atoms with Gasteiger partial charge in [0.2, 0.25) is 5.91 Å². The van der Waals surface area contributed by atoms with E-state index in [1.165, 1.54) is 17.8 Å². The second-order valence-corrected chi connectivity index (χ2v) is 8.45. The van der Waals surface area contributed by atoms with Gasteiger partial charge in [0.05, 0.1) is 5.75 Å². The second kappa shape index (κ2) is 9.31. The number of anilines is 1. The summed E-state index contributed by atoms with van der Waals surface area (Å²) in [4.78, 5) is 24.4. The number of hydrogen-bond donors (Lipinski definition) is 1. The van der Waals surface area contributed by atoms with Gasteiger partial charge in [0, 0.05) is 22.9 Å². The van der Waals surface area contributed by atoms with Crippen LogP contribution in [0.2, 0.25) is 0 Å². The third-order valence-electron chi connectivity index (χ3n) is 5.31. The summed E-state index contributed by atoms with van der Waals surface area (Å²) in [5.41, 5.74) is 5.42. The first-order chi connectivity index (χ1) is 13.9. The zero-order valence-corrected chi connectivity index (χ0v) is 18.2. The number of rotatable bonds is 7. The largest absolute Gasteiger partial charge is 0.423 e. The highest BCUT2D eigenvalue weighted by atomic mass is 32.2. The Kier molecular flexibility index (Phi) is 6.80. The van der Waals surface area contributed by atoms with Gasteiger partial charge in [0.1, 0.15) is 5.58 Å². The fraction of sp³-hybridized carbons (Fsp3) is 0.333. The summed E-state index contributed by atoms with van der Waals surface area (Å²) in [6, 6.07) is 13.4. The van der Waals surface area contributed by atoms with Gasteiger partial charge >= 0.3 is 5.63 Å². The molecule has 1 aromatic heterocycles. The van der Waals surface area contributed by atoms with Crippen molar-refractivity contribution in [2.45, 2.75) is 45.8 Å². The molecule has 0 saturated carbocycles. The summed E-state index contributed by atoms with van der Waals surface area (Å²) in [6.07, 6.45) is 1.02. The summed E-state index contributed by atoms with van der Waals surface area (Å²) in [5.74, 6) is 1.25. The van der Waals surface area contributed by atoms with Crippen molar-refractivity contribution in [2.24, 2.45) is 0 Å². The van der Waals surface area contributed by atoms with Crippen LogP contribution in [0.3, 0.4) is 0 Å². The van der Waals surface area contributed by atoms with E-state index in [0.717, 1.165) is 39.7 Å². The van der Waals surface area contributed by atoms with E-state index in [9.17, 15) is 9.59 Å². The molecule has 152 valence electrons. The molecular weight excluding hydrogens is 382 g/mol. The summed E-state index contributed by atoms with van der Waals surface area (Å²) in [5, 5.41) is 3.97. The van der Waals surface area contributed by atoms with Crippen LogP contribution in [0.4, 0.5) is 5.69 Å². The van der Waals surface area contributed by atoms with Crippen molar-refractivity contribution in [3.8, 4) is 0 Å². The molecule has 0 aliphatic carbocycles. The normalized spacial score (nSPS) is 12.1. The van der Waals surface area contributed by atoms with Gasteiger partial charge in [-0.25, -0.2) is 4.79 Å². The number of carbonyl (C=O) groups is 1. The zero-order valence-electron chi connectivity index (χ0n) is 17.4. The van der Waals surface area contributed by atoms with Crippen LogP contribution >= 0.6 is 11.8 Å². The van der Waals surface area contributed by atoms with E-state index in [1.54, 1.807) is 0 Å². The first-order valence-electron chi connectivity index (χ1n) is 9.89. The molecule has 1 heterocycles. The van der Waals surface area contributed by atoms with E-state index in [2.05, 4.69) is 25.2 Å². The Hall–Kier alpha value is -2.53. The van der Waals surface area contributed by atoms with Crippen molar-refractivity contribution < 1.29 is 9.21 Å². The predicted octanol–water partition coefficient (Wildman–Crippen LogP) is 5.80. The van der Waals surface area contributed by atoms with Crippen LogP contribution in [0.1, 0.15) is 48.4 Å². The first kappa shape index (κ1) is 21.2. The molecule has 29 heavy (non-hydrogen) atoms. The van der Waals surface area contributed by atoms with Gasteiger partial charge in [0.15, 0.2) is 0 Å². The van der Waals surface area contributed by atoms with E-state index in [1.807, 2.05) is 44.2 Å². The average Bonchev–Trinajstić information content (AvgIpc) is 2.69. The minimum atomic E-state index is -0.358. The minimum absolute atomic E-state index is 0.0370. The van der Waals surface area contributed by atoms with Crippen molar-refractivity contribution in [1.82, 2.24) is 0 Å². The third kappa shape index (κ3) is 5.10. The fourth-order valence-electron chi connectivity index (χ4n) is 3.30. The van der Waals surface area contributed by atoms with Gasteiger partial charge < -0.3 is 9.73 Å². The number of amides is 1. The summed E-state index contributed by atoms with van der Waals surface area (Å²) >= 11 is 1.49. The Labute approximate surface area is 175 Å². The Morgan fingerprint density at radius 3 is 2.62 bits per heavy atom. The molecule has 3 aromatic rings. The van der Waals surface area contributed by atoms with Crippen LogP contribution in [-0.2, 0) is 10.5 Å². The van der Waals surface area contributed by atoms with Crippen LogP contribution in [0.15, 0.2) is 51.7 Å². The van der Waals surface area contributed by atoms with Crippen LogP contribution in [0, 0.1) is 13.8 Å². The highest BCUT2D eigenvalue weighted by Crippen LogP contribution is 2.27. The van der Waals surface area contributed by atoms with Crippen molar-refractivity contribution in [3.05, 3.63) is 75.1 Å². The quantitative estimate of drug-likeness (QED) is 0.501. The van der Waals surface area contributed by atoms with E-state index in [-0.39, 0.29) is 11.5 Å². The molecular formula is C24H27NO3S. The minimum Gasteiger partial charge on any atom is -0.423 e. The van der Waals surface area contributed by atoms with Crippen LogP contribution < -0.4 is 10.9 Å². The molecule has 0 bridgehead atoms. The lowest BCUT2D eigenvalue weighted by atomic mass is 9.97. The van der Waals surface area contributed by atoms with Gasteiger partial charge in [0.25, 0.3) is 0 Å². The SMILES string of the molecule is CC[C@H](C)c1ccccc1NC(=O)CSCc1cc(=O)oc2cc(C)c(C)cc12. The maximum atomic E-state index is 12.5. The van der Waals surface area contributed by atoms with E-state index in [0.29, 0.717) is 23.0 Å². The lowest BCUT2D eigenvalue weighted by Gasteiger charge is -2.15. The van der Waals surface area contributed by atoms with E-state index in [4.69, 9.17) is 4.42 Å². The molecule has 1 amide bonds. The van der Waals surface area contributed by atoms with Crippen LogP contribution in [-0.4, -0.2) is 11.7 Å². The molecule has 5 heteroatoms. The Morgan fingerprint density at radius 1 is 1.14 bits per heavy atom. The number of thioether (sulfide) groups is 1. The molecule has 4 nitrogen and oxygen atoms in total. The number of fused-ring (bicyclic) bond motifs is 1. The lowest BCUT2D eigenvalue weighted by Crippen LogP contribution is -2.16. The molecule has 0 spiro atoms. The molecule has 0 unspecified atom stereocenters. The topological polar surface area (TPSA) is 59.3 Å². The van der Waals surface area contributed by atoms with Crippen molar-refractivity contribution in [3.63, 3.8) is 0 Å². The number of hydrogen-bond acceptors (Lipinski definition) is 4. The van der Waals surface area contributed by atoms with Crippen molar-refractivity contribution >= 4 is 34.3 Å². The van der Waals surface area contributed by atoms with Gasteiger partial charge in [-0.3, -0.25) is 4.79 Å². The number of para-hydroxylation sites is 1. The third-order valence-corrected chi connectivity index (χ3v) is 6.29. The number of aryl methyl sites for hydroxylation is 2. The monoisotopic (exact) mass is 409 g/mol. The van der Waals surface area contributed by atoms with Gasteiger partial charge in [-0.15, -0.1) is 11.8 Å². The Morgan fingerprint density at radius 2 is 1.86 bits per heavy atom. The molecule has 0 aliphatic rings. The molecule has 0 aliphatic heterocycles. The van der Waals surface area contributed by atoms with Crippen molar-refractivity contribution in [1.29, 1.82) is 0 Å². The molecule has 0 radical (unpaired) electrons.